The van der Waals surface area contributed by atoms with Gasteiger partial charge in [0.15, 0.2) is 0 Å². The Kier molecular flexibility index (Phi) is 7.19. The molecule has 0 bridgehead atoms. The molecule has 20 heavy (non-hydrogen) atoms. The molecule has 0 aliphatic carbocycles. The van der Waals surface area contributed by atoms with Crippen LogP contribution in [0.4, 0.5) is 4.79 Å². The Morgan fingerprint density at radius 2 is 2.15 bits per heavy atom. The second kappa shape index (κ2) is 8.39. The summed E-state index contributed by atoms with van der Waals surface area (Å²) < 4.78 is 0. The number of rotatable bonds is 6. The summed E-state index contributed by atoms with van der Waals surface area (Å²) >= 11 is 1.87. The standard InChI is InChI=1S/C14H26N2O3S/c1-10(2)6-12(7-13(17)18)8-15-14(19)16-4-5-20-9-11(16)3/h10-12H,4-9H2,1-3H3,(H,15,19)(H,17,18). The monoisotopic (exact) mass is 302 g/mol. The number of nitrogens with zero attached hydrogens (tertiary/aromatic N) is 1. The first kappa shape index (κ1) is 17.1. The fourth-order valence-corrected chi connectivity index (χ4v) is 3.53. The Balaban J connectivity index is 2.44. The van der Waals surface area contributed by atoms with Gasteiger partial charge in [0.05, 0.1) is 0 Å². The van der Waals surface area contributed by atoms with E-state index in [-0.39, 0.29) is 24.4 Å². The summed E-state index contributed by atoms with van der Waals surface area (Å²) in [6.07, 6.45) is 0.932. The summed E-state index contributed by atoms with van der Waals surface area (Å²) in [6.45, 7) is 7.40. The van der Waals surface area contributed by atoms with Crippen molar-refractivity contribution in [3.8, 4) is 0 Å². The summed E-state index contributed by atoms with van der Waals surface area (Å²) in [6, 6.07) is 0.189. The van der Waals surface area contributed by atoms with Gasteiger partial charge in [0.25, 0.3) is 0 Å². The molecule has 0 aromatic carbocycles. The lowest BCUT2D eigenvalue weighted by Gasteiger charge is -2.33. The van der Waals surface area contributed by atoms with Crippen molar-refractivity contribution < 1.29 is 14.7 Å². The number of aliphatic carboxylic acids is 1. The Morgan fingerprint density at radius 1 is 1.45 bits per heavy atom. The molecule has 2 N–H and O–H groups in total. The number of amides is 2. The maximum absolute atomic E-state index is 12.1. The smallest absolute Gasteiger partial charge is 0.317 e. The van der Waals surface area contributed by atoms with Gasteiger partial charge in [-0.1, -0.05) is 13.8 Å². The second-order valence-electron chi connectivity index (χ2n) is 5.90. The van der Waals surface area contributed by atoms with Crippen molar-refractivity contribution in [2.45, 2.75) is 39.7 Å². The van der Waals surface area contributed by atoms with Crippen molar-refractivity contribution in [1.29, 1.82) is 0 Å². The molecule has 1 saturated heterocycles. The lowest BCUT2D eigenvalue weighted by atomic mass is 9.94. The van der Waals surface area contributed by atoms with E-state index in [1.54, 1.807) is 0 Å². The predicted molar refractivity (Wildman–Crippen MR) is 82.1 cm³/mol. The van der Waals surface area contributed by atoms with Crippen molar-refractivity contribution in [2.24, 2.45) is 11.8 Å². The highest BCUT2D eigenvalue weighted by Gasteiger charge is 2.24. The van der Waals surface area contributed by atoms with Gasteiger partial charge in [-0.2, -0.15) is 11.8 Å². The number of carboxylic acid groups (broad SMARTS) is 1. The Labute approximate surface area is 125 Å². The zero-order valence-corrected chi connectivity index (χ0v) is 13.4. The molecule has 0 aromatic heterocycles. The molecule has 1 rings (SSSR count). The van der Waals surface area contributed by atoms with Crippen LogP contribution in [0.25, 0.3) is 0 Å². The summed E-state index contributed by atoms with van der Waals surface area (Å²) in [5.74, 6) is 1.58. The van der Waals surface area contributed by atoms with E-state index in [2.05, 4.69) is 26.1 Å². The lowest BCUT2D eigenvalue weighted by molar-refractivity contribution is -0.138. The summed E-state index contributed by atoms with van der Waals surface area (Å²) in [4.78, 5) is 24.9. The molecule has 0 aromatic rings. The third-order valence-electron chi connectivity index (χ3n) is 3.44. The number of carboxylic acids is 1. The van der Waals surface area contributed by atoms with Gasteiger partial charge in [0.2, 0.25) is 0 Å². The number of carbonyl (C=O) groups is 2. The molecule has 1 aliphatic heterocycles. The Morgan fingerprint density at radius 3 is 2.70 bits per heavy atom. The van der Waals surface area contributed by atoms with Crippen molar-refractivity contribution in [3.63, 3.8) is 0 Å². The number of hydrogen-bond acceptors (Lipinski definition) is 3. The quantitative estimate of drug-likeness (QED) is 0.789. The number of hydrogen-bond donors (Lipinski definition) is 2. The van der Waals surface area contributed by atoms with Gasteiger partial charge in [-0.15, -0.1) is 0 Å². The van der Waals surface area contributed by atoms with Gasteiger partial charge in [0.1, 0.15) is 0 Å². The van der Waals surface area contributed by atoms with Crippen molar-refractivity contribution in [3.05, 3.63) is 0 Å². The molecule has 1 fully saturated rings. The highest BCUT2D eigenvalue weighted by Crippen LogP contribution is 2.17. The van der Waals surface area contributed by atoms with Crippen LogP contribution in [0, 0.1) is 11.8 Å². The SMILES string of the molecule is CC(C)CC(CNC(=O)N1CCSCC1C)CC(=O)O. The molecule has 0 radical (unpaired) electrons. The van der Waals surface area contributed by atoms with E-state index in [0.717, 1.165) is 24.5 Å². The zero-order chi connectivity index (χ0) is 15.1. The molecule has 1 aliphatic rings. The average Bonchev–Trinajstić information content (AvgIpc) is 2.34. The minimum atomic E-state index is -0.798. The molecule has 2 amide bonds. The van der Waals surface area contributed by atoms with Crippen LogP contribution in [0.15, 0.2) is 0 Å². The first-order valence-corrected chi connectivity index (χ1v) is 8.39. The van der Waals surface area contributed by atoms with Gasteiger partial charge in [-0.3, -0.25) is 4.79 Å². The Hall–Kier alpha value is -0.910. The molecule has 2 atom stereocenters. The van der Waals surface area contributed by atoms with E-state index in [0.29, 0.717) is 12.5 Å². The molecule has 6 heteroatoms. The normalized spacial score (nSPS) is 20.8. The van der Waals surface area contributed by atoms with Crippen LogP contribution >= 0.6 is 11.8 Å². The van der Waals surface area contributed by atoms with Crippen LogP contribution in [0.2, 0.25) is 0 Å². The van der Waals surface area contributed by atoms with E-state index in [4.69, 9.17) is 5.11 Å². The van der Waals surface area contributed by atoms with Crippen LogP contribution in [0.3, 0.4) is 0 Å². The van der Waals surface area contributed by atoms with Crippen LogP contribution in [-0.2, 0) is 4.79 Å². The minimum Gasteiger partial charge on any atom is -0.481 e. The molecule has 2 unspecified atom stereocenters. The first-order chi connectivity index (χ1) is 9.40. The van der Waals surface area contributed by atoms with E-state index in [1.807, 2.05) is 16.7 Å². The third kappa shape index (κ3) is 6.03. The van der Waals surface area contributed by atoms with E-state index in [1.165, 1.54) is 0 Å². The Bertz CT molecular complexity index is 336. The number of nitrogens with one attached hydrogen (secondary N) is 1. The maximum atomic E-state index is 12.1. The van der Waals surface area contributed by atoms with Gasteiger partial charge in [-0.25, -0.2) is 4.79 Å². The highest BCUT2D eigenvalue weighted by atomic mass is 32.2. The molecule has 5 nitrogen and oxygen atoms in total. The predicted octanol–water partition coefficient (Wildman–Crippen LogP) is 2.27. The number of carbonyl (C=O) groups excluding carboxylic acids is 1. The van der Waals surface area contributed by atoms with Crippen LogP contribution in [0.5, 0.6) is 0 Å². The van der Waals surface area contributed by atoms with Crippen LogP contribution in [-0.4, -0.2) is 52.6 Å². The highest BCUT2D eigenvalue weighted by molar-refractivity contribution is 7.99. The molecule has 1 heterocycles. The van der Waals surface area contributed by atoms with Crippen molar-refractivity contribution >= 4 is 23.8 Å². The number of thioether (sulfide) groups is 1. The molecule has 0 saturated carbocycles. The summed E-state index contributed by atoms with van der Waals surface area (Å²) in [5, 5.41) is 11.8. The van der Waals surface area contributed by atoms with Gasteiger partial charge >= 0.3 is 12.0 Å². The molecule has 0 spiro atoms. The topological polar surface area (TPSA) is 69.6 Å². The van der Waals surface area contributed by atoms with Gasteiger partial charge < -0.3 is 15.3 Å². The maximum Gasteiger partial charge on any atom is 0.317 e. The van der Waals surface area contributed by atoms with Crippen molar-refractivity contribution in [2.75, 3.05) is 24.6 Å². The van der Waals surface area contributed by atoms with Gasteiger partial charge in [-0.05, 0) is 25.2 Å². The third-order valence-corrected chi connectivity index (χ3v) is 4.63. The fraction of sp³-hybridized carbons (Fsp3) is 0.857. The van der Waals surface area contributed by atoms with Crippen molar-refractivity contribution in [1.82, 2.24) is 10.2 Å². The first-order valence-electron chi connectivity index (χ1n) is 7.24. The largest absolute Gasteiger partial charge is 0.481 e. The lowest BCUT2D eigenvalue weighted by Crippen LogP contribution is -2.50. The second-order valence-corrected chi connectivity index (χ2v) is 7.05. The summed E-state index contributed by atoms with van der Waals surface area (Å²) in [7, 11) is 0. The summed E-state index contributed by atoms with van der Waals surface area (Å²) in [5.41, 5.74) is 0. The van der Waals surface area contributed by atoms with E-state index >= 15 is 0 Å². The van der Waals surface area contributed by atoms with Crippen LogP contribution in [0.1, 0.15) is 33.6 Å². The minimum absolute atomic E-state index is 0.00548. The zero-order valence-electron chi connectivity index (χ0n) is 12.6. The average molecular weight is 302 g/mol. The van der Waals surface area contributed by atoms with Crippen LogP contribution < -0.4 is 5.32 Å². The van der Waals surface area contributed by atoms with E-state index in [9.17, 15) is 9.59 Å². The molecular weight excluding hydrogens is 276 g/mol. The fourth-order valence-electron chi connectivity index (χ4n) is 2.51. The molecular formula is C14H26N2O3S. The number of urea groups is 1. The molecule has 116 valence electrons. The van der Waals surface area contributed by atoms with E-state index < -0.39 is 5.97 Å². The van der Waals surface area contributed by atoms with Gasteiger partial charge in [0, 0.05) is 37.1 Å².